The van der Waals surface area contributed by atoms with Gasteiger partial charge in [0.05, 0.1) is 23.4 Å². The molecule has 1 unspecified atom stereocenters. The number of ether oxygens (including phenoxy) is 1. The highest BCUT2D eigenvalue weighted by molar-refractivity contribution is 5.96. The summed E-state index contributed by atoms with van der Waals surface area (Å²) in [6, 6.07) is 1.84. The summed E-state index contributed by atoms with van der Waals surface area (Å²) in [4.78, 5) is 42.3. The Morgan fingerprint density at radius 2 is 2.10 bits per heavy atom. The van der Waals surface area contributed by atoms with Gasteiger partial charge in [0.1, 0.15) is 0 Å². The number of methoxy groups -OCH3 is 1. The van der Waals surface area contributed by atoms with Crippen molar-refractivity contribution in [2.45, 2.75) is 19.3 Å². The highest BCUT2D eigenvalue weighted by atomic mass is 16.5. The summed E-state index contributed by atoms with van der Waals surface area (Å²) in [5.74, 6) is 0.199. The zero-order valence-corrected chi connectivity index (χ0v) is 17.9. The van der Waals surface area contributed by atoms with Crippen LogP contribution in [0.3, 0.4) is 0 Å². The predicted molar refractivity (Wildman–Crippen MR) is 113 cm³/mol. The van der Waals surface area contributed by atoms with Crippen LogP contribution in [0.4, 0.5) is 5.95 Å². The van der Waals surface area contributed by atoms with Crippen molar-refractivity contribution in [3.8, 4) is 0 Å². The molecule has 0 radical (unpaired) electrons. The molecule has 30 heavy (non-hydrogen) atoms. The minimum absolute atomic E-state index is 0.0448. The first-order valence-corrected chi connectivity index (χ1v) is 9.93. The van der Waals surface area contributed by atoms with Gasteiger partial charge < -0.3 is 19.9 Å². The van der Waals surface area contributed by atoms with Crippen molar-refractivity contribution in [3.63, 3.8) is 0 Å². The minimum atomic E-state index is -0.236. The highest BCUT2D eigenvalue weighted by Crippen LogP contribution is 2.30. The van der Waals surface area contributed by atoms with E-state index in [4.69, 9.17) is 4.74 Å². The Balaban J connectivity index is 1.82. The highest BCUT2D eigenvalue weighted by Gasteiger charge is 2.32. The number of likely N-dealkylation sites (tertiary alicyclic amines) is 1. The third-order valence-electron chi connectivity index (χ3n) is 5.03. The van der Waals surface area contributed by atoms with E-state index in [0.29, 0.717) is 49.0 Å². The molecule has 0 aliphatic carbocycles. The number of aryl methyl sites for hydroxylation is 1. The summed E-state index contributed by atoms with van der Waals surface area (Å²) < 4.78 is 5.00. The van der Waals surface area contributed by atoms with E-state index < -0.39 is 0 Å². The average Bonchev–Trinajstić information content (AvgIpc) is 3.23. The molecule has 3 heterocycles. The molecule has 2 aromatic rings. The zero-order chi connectivity index (χ0) is 21.7. The number of hydrogen-bond acceptors (Lipinski definition) is 7. The van der Waals surface area contributed by atoms with Crippen LogP contribution in [0.15, 0.2) is 24.7 Å². The Bertz CT molecular complexity index is 917. The van der Waals surface area contributed by atoms with E-state index in [1.54, 1.807) is 35.5 Å². The molecule has 1 N–H and O–H groups in total. The van der Waals surface area contributed by atoms with Gasteiger partial charge in [-0.25, -0.2) is 9.97 Å². The van der Waals surface area contributed by atoms with Crippen molar-refractivity contribution in [3.05, 3.63) is 47.0 Å². The molecule has 0 bridgehead atoms. The van der Waals surface area contributed by atoms with E-state index >= 15 is 0 Å². The van der Waals surface area contributed by atoms with Crippen LogP contribution in [-0.2, 0) is 4.74 Å². The Morgan fingerprint density at radius 3 is 2.80 bits per heavy atom. The van der Waals surface area contributed by atoms with Gasteiger partial charge >= 0.3 is 0 Å². The molecule has 3 rings (SSSR count). The third-order valence-corrected chi connectivity index (χ3v) is 5.03. The van der Waals surface area contributed by atoms with Gasteiger partial charge in [-0.15, -0.1) is 0 Å². The largest absolute Gasteiger partial charge is 0.383 e. The lowest BCUT2D eigenvalue weighted by Crippen LogP contribution is -2.31. The van der Waals surface area contributed by atoms with Crippen molar-refractivity contribution in [2.24, 2.45) is 0 Å². The van der Waals surface area contributed by atoms with Crippen LogP contribution in [0.1, 0.15) is 44.3 Å². The number of anilines is 1. The van der Waals surface area contributed by atoms with E-state index in [2.05, 4.69) is 20.3 Å². The van der Waals surface area contributed by atoms with Crippen LogP contribution in [0.2, 0.25) is 0 Å². The predicted octanol–water partition coefficient (Wildman–Crippen LogP) is 1.25. The lowest BCUT2D eigenvalue weighted by atomic mass is 9.99. The lowest BCUT2D eigenvalue weighted by Gasteiger charge is -2.19. The zero-order valence-electron chi connectivity index (χ0n) is 17.9. The normalized spacial score (nSPS) is 15.9. The number of hydrogen-bond donors (Lipinski definition) is 1. The number of carbonyl (C=O) groups excluding carboxylic acids is 2. The van der Waals surface area contributed by atoms with Crippen molar-refractivity contribution in [2.75, 3.05) is 52.3 Å². The van der Waals surface area contributed by atoms with Gasteiger partial charge in [0, 0.05) is 65.3 Å². The van der Waals surface area contributed by atoms with E-state index in [0.717, 1.165) is 12.0 Å². The third kappa shape index (κ3) is 4.91. The van der Waals surface area contributed by atoms with Gasteiger partial charge in [-0.2, -0.15) is 0 Å². The molecule has 0 aromatic carbocycles. The first kappa shape index (κ1) is 21.6. The minimum Gasteiger partial charge on any atom is -0.383 e. The van der Waals surface area contributed by atoms with Gasteiger partial charge in [-0.3, -0.25) is 14.6 Å². The number of nitrogens with one attached hydrogen (secondary N) is 1. The lowest BCUT2D eigenvalue weighted by molar-refractivity contribution is 0.0790. The standard InChI is InChI=1S/C21H28N6O3/c1-14-9-16(11-22-10-14)20(29)27-7-5-15(13-27)18-17(19(28)23-6-8-30-4)12-24-21(25-18)26(2)3/h9-12,15H,5-8,13H2,1-4H3,(H,23,28). The number of pyridine rings is 1. The molecule has 1 aliphatic rings. The second-order valence-electron chi connectivity index (χ2n) is 7.60. The summed E-state index contributed by atoms with van der Waals surface area (Å²) in [6.07, 6.45) is 5.61. The van der Waals surface area contributed by atoms with Gasteiger partial charge in [-0.1, -0.05) is 0 Å². The molecule has 0 saturated carbocycles. The average molecular weight is 412 g/mol. The van der Waals surface area contributed by atoms with Crippen LogP contribution in [0.5, 0.6) is 0 Å². The maximum Gasteiger partial charge on any atom is 0.255 e. The molecule has 160 valence electrons. The van der Waals surface area contributed by atoms with Gasteiger partial charge in [-0.05, 0) is 25.0 Å². The van der Waals surface area contributed by atoms with Crippen LogP contribution in [0.25, 0.3) is 0 Å². The number of amides is 2. The fraction of sp³-hybridized carbons (Fsp3) is 0.476. The second kappa shape index (κ2) is 9.62. The first-order valence-electron chi connectivity index (χ1n) is 9.93. The second-order valence-corrected chi connectivity index (χ2v) is 7.60. The molecule has 1 saturated heterocycles. The van der Waals surface area contributed by atoms with Crippen LogP contribution >= 0.6 is 0 Å². The number of rotatable bonds is 7. The fourth-order valence-corrected chi connectivity index (χ4v) is 3.47. The maximum atomic E-state index is 12.9. The number of carbonyl (C=O) groups is 2. The first-order chi connectivity index (χ1) is 14.4. The Kier molecular flexibility index (Phi) is 6.94. The molecule has 9 heteroatoms. The molecule has 1 fully saturated rings. The van der Waals surface area contributed by atoms with Crippen LogP contribution < -0.4 is 10.2 Å². The summed E-state index contributed by atoms with van der Waals surface area (Å²) in [5.41, 5.74) is 2.62. The van der Waals surface area contributed by atoms with Gasteiger partial charge in [0.2, 0.25) is 5.95 Å². The Labute approximate surface area is 176 Å². The Hall–Kier alpha value is -3.07. The van der Waals surface area contributed by atoms with E-state index in [9.17, 15) is 9.59 Å². The van der Waals surface area contributed by atoms with Crippen LogP contribution in [0, 0.1) is 6.92 Å². The van der Waals surface area contributed by atoms with Crippen molar-refractivity contribution in [1.29, 1.82) is 0 Å². The summed E-state index contributed by atoms with van der Waals surface area (Å²) in [7, 11) is 5.29. The van der Waals surface area contributed by atoms with Gasteiger partial charge in [0.15, 0.2) is 0 Å². The molecule has 1 atom stereocenters. The monoisotopic (exact) mass is 412 g/mol. The molecule has 1 aliphatic heterocycles. The van der Waals surface area contributed by atoms with E-state index in [1.807, 2.05) is 27.1 Å². The van der Waals surface area contributed by atoms with E-state index in [1.165, 1.54) is 0 Å². The van der Waals surface area contributed by atoms with Crippen molar-refractivity contribution < 1.29 is 14.3 Å². The SMILES string of the molecule is COCCNC(=O)c1cnc(N(C)C)nc1C1CCN(C(=O)c2cncc(C)c2)C1. The van der Waals surface area contributed by atoms with Crippen molar-refractivity contribution >= 4 is 17.8 Å². The number of nitrogens with zero attached hydrogens (tertiary/aromatic N) is 5. The van der Waals surface area contributed by atoms with Crippen LogP contribution in [-0.4, -0.2) is 79.1 Å². The summed E-state index contributed by atoms with van der Waals surface area (Å²) in [5, 5.41) is 2.83. The Morgan fingerprint density at radius 1 is 1.30 bits per heavy atom. The quantitative estimate of drug-likeness (QED) is 0.683. The molecule has 2 aromatic heterocycles. The molecule has 0 spiro atoms. The summed E-state index contributed by atoms with van der Waals surface area (Å²) in [6.45, 7) is 3.83. The van der Waals surface area contributed by atoms with Gasteiger partial charge in [0.25, 0.3) is 11.8 Å². The molecule has 2 amide bonds. The van der Waals surface area contributed by atoms with E-state index in [-0.39, 0.29) is 17.7 Å². The molecular weight excluding hydrogens is 384 g/mol. The summed E-state index contributed by atoms with van der Waals surface area (Å²) >= 11 is 0. The molecular formula is C21H28N6O3. The van der Waals surface area contributed by atoms with Crippen molar-refractivity contribution in [1.82, 2.24) is 25.2 Å². The fourth-order valence-electron chi connectivity index (χ4n) is 3.47. The number of aromatic nitrogens is 3. The maximum absolute atomic E-state index is 12.9. The topological polar surface area (TPSA) is 101 Å². The molecule has 9 nitrogen and oxygen atoms in total. The smallest absolute Gasteiger partial charge is 0.255 e.